The third-order valence-electron chi connectivity index (χ3n) is 3.81. The average Bonchev–Trinajstić information content (AvgIpc) is 2.93. The van der Waals surface area contributed by atoms with E-state index >= 15 is 0 Å². The van der Waals surface area contributed by atoms with E-state index in [-0.39, 0.29) is 5.92 Å². The van der Waals surface area contributed by atoms with Gasteiger partial charge in [0.15, 0.2) is 0 Å². The molecule has 2 aromatic rings. The second-order valence-electron chi connectivity index (χ2n) is 5.26. The summed E-state index contributed by atoms with van der Waals surface area (Å²) in [5.74, 6) is 1.28. The molecule has 20 heavy (non-hydrogen) atoms. The fraction of sp³-hybridized carbons (Fsp3) is 0.278. The number of hydrogen-bond acceptors (Lipinski definition) is 2. The molecule has 1 atom stereocenters. The summed E-state index contributed by atoms with van der Waals surface area (Å²) in [5.41, 5.74) is 2.24. The molecule has 2 nitrogen and oxygen atoms in total. The van der Waals surface area contributed by atoms with Crippen LogP contribution in [0.2, 0.25) is 0 Å². The summed E-state index contributed by atoms with van der Waals surface area (Å²) in [6, 6.07) is 18.1. The second kappa shape index (κ2) is 5.91. The molecule has 102 valence electrons. The lowest BCUT2D eigenvalue weighted by Crippen LogP contribution is -2.04. The lowest BCUT2D eigenvalue weighted by molar-refractivity contribution is -0.118. The van der Waals surface area contributed by atoms with Gasteiger partial charge in [0.05, 0.1) is 0 Å². The van der Waals surface area contributed by atoms with Crippen LogP contribution in [-0.2, 0) is 11.4 Å². The third-order valence-corrected chi connectivity index (χ3v) is 3.81. The van der Waals surface area contributed by atoms with Crippen LogP contribution in [-0.4, -0.2) is 5.78 Å². The van der Waals surface area contributed by atoms with E-state index in [1.807, 2.05) is 54.6 Å². The second-order valence-corrected chi connectivity index (χ2v) is 5.26. The predicted octanol–water partition coefficient (Wildman–Crippen LogP) is 4.10. The molecule has 1 aliphatic rings. The molecule has 0 amide bonds. The SMILES string of the molecule is O=C1CCCC1c1cccc(OCc2ccccc2)c1. The van der Waals surface area contributed by atoms with Crippen molar-refractivity contribution in [3.05, 3.63) is 65.7 Å². The highest BCUT2D eigenvalue weighted by molar-refractivity contribution is 5.87. The fourth-order valence-corrected chi connectivity index (χ4v) is 2.73. The summed E-state index contributed by atoms with van der Waals surface area (Å²) in [6.45, 7) is 0.558. The van der Waals surface area contributed by atoms with Crippen LogP contribution in [0.15, 0.2) is 54.6 Å². The lowest BCUT2D eigenvalue weighted by atomic mass is 9.97. The Kier molecular flexibility index (Phi) is 3.82. The fourth-order valence-electron chi connectivity index (χ4n) is 2.73. The normalized spacial score (nSPS) is 18.2. The summed E-state index contributed by atoms with van der Waals surface area (Å²) in [4.78, 5) is 11.8. The van der Waals surface area contributed by atoms with Crippen molar-refractivity contribution in [1.82, 2.24) is 0 Å². The number of ether oxygens (including phenoxy) is 1. The van der Waals surface area contributed by atoms with Crippen LogP contribution in [0.4, 0.5) is 0 Å². The van der Waals surface area contributed by atoms with E-state index in [0.717, 1.165) is 36.1 Å². The smallest absolute Gasteiger partial charge is 0.140 e. The monoisotopic (exact) mass is 266 g/mol. The Morgan fingerprint density at radius 1 is 1.05 bits per heavy atom. The molecular formula is C18H18O2. The molecule has 0 saturated heterocycles. The van der Waals surface area contributed by atoms with E-state index in [0.29, 0.717) is 12.4 Å². The summed E-state index contributed by atoms with van der Waals surface area (Å²) in [7, 11) is 0. The standard InChI is InChI=1S/C18H18O2/c19-18-11-5-10-17(18)15-8-4-9-16(12-15)20-13-14-6-2-1-3-7-14/h1-4,6-9,12,17H,5,10-11,13H2. The molecule has 0 spiro atoms. The molecule has 2 heteroatoms. The highest BCUT2D eigenvalue weighted by Crippen LogP contribution is 2.32. The lowest BCUT2D eigenvalue weighted by Gasteiger charge is -2.11. The largest absolute Gasteiger partial charge is 0.489 e. The molecule has 0 N–H and O–H groups in total. The first kappa shape index (κ1) is 12.9. The summed E-state index contributed by atoms with van der Waals surface area (Å²) < 4.78 is 5.82. The first-order valence-electron chi connectivity index (χ1n) is 7.12. The maximum absolute atomic E-state index is 11.8. The predicted molar refractivity (Wildman–Crippen MR) is 78.8 cm³/mol. The summed E-state index contributed by atoms with van der Waals surface area (Å²) in [5, 5.41) is 0. The van der Waals surface area contributed by atoms with Crippen molar-refractivity contribution in [2.45, 2.75) is 31.8 Å². The molecular weight excluding hydrogens is 248 g/mol. The van der Waals surface area contributed by atoms with E-state index in [1.54, 1.807) is 0 Å². The molecule has 1 aliphatic carbocycles. The Hall–Kier alpha value is -2.09. The number of carbonyl (C=O) groups excluding carboxylic acids is 1. The number of carbonyl (C=O) groups is 1. The van der Waals surface area contributed by atoms with Crippen molar-refractivity contribution in [1.29, 1.82) is 0 Å². The van der Waals surface area contributed by atoms with E-state index in [2.05, 4.69) is 0 Å². The zero-order chi connectivity index (χ0) is 13.8. The zero-order valence-corrected chi connectivity index (χ0v) is 11.4. The Balaban J connectivity index is 1.70. The van der Waals surface area contributed by atoms with Crippen molar-refractivity contribution >= 4 is 5.78 Å². The van der Waals surface area contributed by atoms with E-state index < -0.39 is 0 Å². The van der Waals surface area contributed by atoms with Gasteiger partial charge in [0.1, 0.15) is 18.1 Å². The first-order chi connectivity index (χ1) is 9.83. The number of benzene rings is 2. The molecule has 1 unspecified atom stereocenters. The summed E-state index contributed by atoms with van der Waals surface area (Å²) in [6.07, 6.45) is 2.71. The molecule has 2 aromatic carbocycles. The van der Waals surface area contributed by atoms with Gasteiger partial charge in [-0.25, -0.2) is 0 Å². The molecule has 3 rings (SSSR count). The van der Waals surface area contributed by atoms with Crippen LogP contribution in [0.3, 0.4) is 0 Å². The van der Waals surface area contributed by atoms with Gasteiger partial charge < -0.3 is 4.74 Å². The quantitative estimate of drug-likeness (QED) is 0.832. The highest BCUT2D eigenvalue weighted by atomic mass is 16.5. The Morgan fingerprint density at radius 2 is 1.90 bits per heavy atom. The topological polar surface area (TPSA) is 26.3 Å². The molecule has 0 aliphatic heterocycles. The van der Waals surface area contributed by atoms with Gasteiger partial charge in [-0.15, -0.1) is 0 Å². The van der Waals surface area contributed by atoms with Crippen LogP contribution in [0.1, 0.15) is 36.3 Å². The average molecular weight is 266 g/mol. The number of rotatable bonds is 4. The van der Waals surface area contributed by atoms with Crippen molar-refractivity contribution in [2.75, 3.05) is 0 Å². The van der Waals surface area contributed by atoms with Gasteiger partial charge in [0.2, 0.25) is 0 Å². The van der Waals surface area contributed by atoms with Crippen LogP contribution in [0.5, 0.6) is 5.75 Å². The Bertz CT molecular complexity index is 589. The molecule has 0 heterocycles. The van der Waals surface area contributed by atoms with Crippen molar-refractivity contribution in [3.8, 4) is 5.75 Å². The molecule has 1 fully saturated rings. The molecule has 0 bridgehead atoms. The van der Waals surface area contributed by atoms with Gasteiger partial charge in [-0.05, 0) is 36.1 Å². The molecule has 0 radical (unpaired) electrons. The van der Waals surface area contributed by atoms with Gasteiger partial charge in [0.25, 0.3) is 0 Å². The maximum atomic E-state index is 11.8. The van der Waals surface area contributed by atoms with Gasteiger partial charge in [-0.1, -0.05) is 42.5 Å². The van der Waals surface area contributed by atoms with Crippen molar-refractivity contribution in [2.24, 2.45) is 0 Å². The van der Waals surface area contributed by atoms with E-state index in [1.165, 1.54) is 0 Å². The van der Waals surface area contributed by atoms with Crippen molar-refractivity contribution in [3.63, 3.8) is 0 Å². The Morgan fingerprint density at radius 3 is 2.65 bits per heavy atom. The summed E-state index contributed by atoms with van der Waals surface area (Å²) >= 11 is 0. The van der Waals surface area contributed by atoms with Crippen LogP contribution in [0, 0.1) is 0 Å². The van der Waals surface area contributed by atoms with Crippen LogP contribution >= 0.6 is 0 Å². The number of Topliss-reactive ketones (excluding diaryl/α,β-unsaturated/α-hetero) is 1. The van der Waals surface area contributed by atoms with Gasteiger partial charge in [0, 0.05) is 12.3 Å². The van der Waals surface area contributed by atoms with Crippen LogP contribution in [0.25, 0.3) is 0 Å². The van der Waals surface area contributed by atoms with E-state index in [9.17, 15) is 4.79 Å². The van der Waals surface area contributed by atoms with Gasteiger partial charge in [-0.2, -0.15) is 0 Å². The number of ketones is 1. The minimum absolute atomic E-state index is 0.0790. The number of hydrogen-bond donors (Lipinski definition) is 0. The highest BCUT2D eigenvalue weighted by Gasteiger charge is 2.25. The van der Waals surface area contributed by atoms with Crippen LogP contribution < -0.4 is 4.74 Å². The van der Waals surface area contributed by atoms with Gasteiger partial charge >= 0.3 is 0 Å². The van der Waals surface area contributed by atoms with E-state index in [4.69, 9.17) is 4.74 Å². The first-order valence-corrected chi connectivity index (χ1v) is 7.12. The van der Waals surface area contributed by atoms with Crippen molar-refractivity contribution < 1.29 is 9.53 Å². The Labute approximate surface area is 119 Å². The zero-order valence-electron chi connectivity index (χ0n) is 11.4. The molecule has 0 aromatic heterocycles. The minimum atomic E-state index is 0.0790. The maximum Gasteiger partial charge on any atom is 0.140 e. The third kappa shape index (κ3) is 2.90. The molecule has 1 saturated carbocycles. The minimum Gasteiger partial charge on any atom is -0.489 e. The van der Waals surface area contributed by atoms with Gasteiger partial charge in [-0.3, -0.25) is 4.79 Å².